The Hall–Kier alpha value is -1.00. The highest BCUT2D eigenvalue weighted by Gasteiger charge is 2.20. The van der Waals surface area contributed by atoms with Gasteiger partial charge in [-0.15, -0.1) is 0 Å². The van der Waals surface area contributed by atoms with E-state index in [0.29, 0.717) is 12.5 Å². The van der Waals surface area contributed by atoms with Gasteiger partial charge < -0.3 is 10.2 Å². The van der Waals surface area contributed by atoms with E-state index in [9.17, 15) is 4.79 Å². The molecule has 0 bridgehead atoms. The first-order chi connectivity index (χ1) is 10.8. The van der Waals surface area contributed by atoms with Gasteiger partial charge in [0.2, 0.25) is 5.91 Å². The molecule has 1 unspecified atom stereocenters. The predicted octanol–water partition coefficient (Wildman–Crippen LogP) is 2.95. The third-order valence-corrected chi connectivity index (χ3v) is 4.80. The minimum absolute atomic E-state index is 0.213. The van der Waals surface area contributed by atoms with E-state index in [-0.39, 0.29) is 5.91 Å². The normalized spacial score (nSPS) is 19.0. The third-order valence-electron chi connectivity index (χ3n) is 4.19. The van der Waals surface area contributed by atoms with Gasteiger partial charge in [-0.25, -0.2) is 0 Å². The molecule has 0 aliphatic carbocycles. The molecular formula is C18H28N2OS. The number of rotatable bonds is 8. The molecule has 0 saturated carbocycles. The second kappa shape index (κ2) is 9.90. The Kier molecular flexibility index (Phi) is 7.81. The molecule has 1 atom stereocenters. The van der Waals surface area contributed by atoms with Crippen molar-refractivity contribution in [1.29, 1.82) is 0 Å². The lowest BCUT2D eigenvalue weighted by molar-refractivity contribution is -0.121. The minimum Gasteiger partial charge on any atom is -0.352 e. The molecule has 1 fully saturated rings. The maximum atomic E-state index is 11.8. The summed E-state index contributed by atoms with van der Waals surface area (Å²) in [6, 6.07) is 11.0. The van der Waals surface area contributed by atoms with E-state index in [1.807, 2.05) is 6.26 Å². The quantitative estimate of drug-likeness (QED) is 0.799. The van der Waals surface area contributed by atoms with Crippen LogP contribution in [-0.4, -0.2) is 48.5 Å². The standard InChI is InChI=1S/C18H28N2OS/c1-22-14-11-18(21)19-17-10-6-13-20(15-17)12-5-9-16-7-3-2-4-8-16/h2-4,7-8,17H,5-6,9-15H2,1H3,(H,19,21). The summed E-state index contributed by atoms with van der Waals surface area (Å²) < 4.78 is 0. The number of carbonyl (C=O) groups excluding carboxylic acids is 1. The van der Waals surface area contributed by atoms with Crippen molar-refractivity contribution >= 4 is 17.7 Å². The Morgan fingerprint density at radius 1 is 1.36 bits per heavy atom. The van der Waals surface area contributed by atoms with Crippen LogP contribution in [0.25, 0.3) is 0 Å². The largest absolute Gasteiger partial charge is 0.352 e. The first-order valence-electron chi connectivity index (χ1n) is 8.32. The van der Waals surface area contributed by atoms with Crippen molar-refractivity contribution in [3.8, 4) is 0 Å². The molecule has 1 heterocycles. The summed E-state index contributed by atoms with van der Waals surface area (Å²) in [5, 5.41) is 3.20. The van der Waals surface area contributed by atoms with E-state index in [4.69, 9.17) is 0 Å². The van der Waals surface area contributed by atoms with Crippen LogP contribution in [0.1, 0.15) is 31.2 Å². The highest BCUT2D eigenvalue weighted by Crippen LogP contribution is 2.12. The van der Waals surface area contributed by atoms with Gasteiger partial charge in [-0.1, -0.05) is 30.3 Å². The minimum atomic E-state index is 0.213. The van der Waals surface area contributed by atoms with Crippen LogP contribution in [-0.2, 0) is 11.2 Å². The van der Waals surface area contributed by atoms with Gasteiger partial charge in [-0.3, -0.25) is 4.79 Å². The molecule has 0 aromatic heterocycles. The topological polar surface area (TPSA) is 32.3 Å². The van der Waals surface area contributed by atoms with Crippen molar-refractivity contribution in [2.24, 2.45) is 0 Å². The average Bonchev–Trinajstić information content (AvgIpc) is 2.54. The first kappa shape index (κ1) is 17.4. The molecule has 2 rings (SSSR count). The van der Waals surface area contributed by atoms with Crippen molar-refractivity contribution in [2.45, 2.75) is 38.1 Å². The predicted molar refractivity (Wildman–Crippen MR) is 95.4 cm³/mol. The van der Waals surface area contributed by atoms with E-state index in [2.05, 4.69) is 40.5 Å². The maximum Gasteiger partial charge on any atom is 0.221 e. The zero-order valence-electron chi connectivity index (χ0n) is 13.6. The number of benzene rings is 1. The summed E-state index contributed by atoms with van der Waals surface area (Å²) in [5.41, 5.74) is 1.42. The van der Waals surface area contributed by atoms with E-state index < -0.39 is 0 Å². The summed E-state index contributed by atoms with van der Waals surface area (Å²) in [4.78, 5) is 14.3. The van der Waals surface area contributed by atoms with E-state index >= 15 is 0 Å². The highest BCUT2D eigenvalue weighted by atomic mass is 32.2. The molecule has 1 aromatic rings. The molecule has 122 valence electrons. The van der Waals surface area contributed by atoms with Gasteiger partial charge in [0.05, 0.1) is 0 Å². The molecular weight excluding hydrogens is 292 g/mol. The number of hydrogen-bond donors (Lipinski definition) is 1. The number of likely N-dealkylation sites (tertiary alicyclic amines) is 1. The van der Waals surface area contributed by atoms with Crippen molar-refractivity contribution in [2.75, 3.05) is 31.6 Å². The number of carbonyl (C=O) groups is 1. The molecule has 1 aromatic carbocycles. The van der Waals surface area contributed by atoms with Crippen molar-refractivity contribution in [3.05, 3.63) is 35.9 Å². The fourth-order valence-corrected chi connectivity index (χ4v) is 3.41. The summed E-state index contributed by atoms with van der Waals surface area (Å²) in [7, 11) is 0. The average molecular weight is 321 g/mol. The Morgan fingerprint density at radius 3 is 2.95 bits per heavy atom. The van der Waals surface area contributed by atoms with E-state index in [1.54, 1.807) is 11.8 Å². The van der Waals surface area contributed by atoms with Crippen LogP contribution in [0.2, 0.25) is 0 Å². The van der Waals surface area contributed by atoms with Crippen LogP contribution < -0.4 is 5.32 Å². The summed E-state index contributed by atoms with van der Waals surface area (Å²) in [6.07, 6.45) is 7.34. The van der Waals surface area contributed by atoms with Gasteiger partial charge in [0.15, 0.2) is 0 Å². The SMILES string of the molecule is CSCCC(=O)NC1CCCN(CCCc2ccccc2)C1. The Labute approximate surface area is 138 Å². The Bertz CT molecular complexity index is 438. The number of piperidine rings is 1. The lowest BCUT2D eigenvalue weighted by Crippen LogP contribution is -2.48. The van der Waals surface area contributed by atoms with Crippen LogP contribution in [0, 0.1) is 0 Å². The molecule has 1 saturated heterocycles. The third kappa shape index (κ3) is 6.41. The number of nitrogens with zero attached hydrogens (tertiary/aromatic N) is 1. The molecule has 22 heavy (non-hydrogen) atoms. The summed E-state index contributed by atoms with van der Waals surface area (Å²) in [6.45, 7) is 3.32. The number of thioether (sulfide) groups is 1. The molecule has 3 nitrogen and oxygen atoms in total. The number of aryl methyl sites for hydroxylation is 1. The molecule has 1 amide bonds. The summed E-state index contributed by atoms with van der Waals surface area (Å²) >= 11 is 1.73. The lowest BCUT2D eigenvalue weighted by Gasteiger charge is -2.33. The van der Waals surface area contributed by atoms with Crippen LogP contribution in [0.3, 0.4) is 0 Å². The smallest absolute Gasteiger partial charge is 0.221 e. The zero-order valence-corrected chi connectivity index (χ0v) is 14.4. The van der Waals surface area contributed by atoms with Crippen LogP contribution in [0.4, 0.5) is 0 Å². The molecule has 0 spiro atoms. The van der Waals surface area contributed by atoms with E-state index in [1.165, 1.54) is 24.9 Å². The van der Waals surface area contributed by atoms with Crippen molar-refractivity contribution in [1.82, 2.24) is 10.2 Å². The maximum absolute atomic E-state index is 11.8. The zero-order chi connectivity index (χ0) is 15.6. The Balaban J connectivity index is 1.66. The summed E-state index contributed by atoms with van der Waals surface area (Å²) in [5.74, 6) is 1.13. The van der Waals surface area contributed by atoms with Gasteiger partial charge in [-0.05, 0) is 50.6 Å². The second-order valence-corrected chi connectivity index (χ2v) is 7.02. The molecule has 1 aliphatic rings. The monoisotopic (exact) mass is 320 g/mol. The van der Waals surface area contributed by atoms with Crippen LogP contribution in [0.15, 0.2) is 30.3 Å². The van der Waals surface area contributed by atoms with E-state index in [0.717, 1.165) is 31.7 Å². The fraction of sp³-hybridized carbons (Fsp3) is 0.611. The molecule has 1 N–H and O–H groups in total. The van der Waals surface area contributed by atoms with Crippen molar-refractivity contribution in [3.63, 3.8) is 0 Å². The molecule has 0 radical (unpaired) electrons. The highest BCUT2D eigenvalue weighted by molar-refractivity contribution is 7.98. The number of amides is 1. The molecule has 1 aliphatic heterocycles. The van der Waals surface area contributed by atoms with Gasteiger partial charge in [0, 0.05) is 24.8 Å². The van der Waals surface area contributed by atoms with Crippen LogP contribution >= 0.6 is 11.8 Å². The Morgan fingerprint density at radius 2 is 2.18 bits per heavy atom. The number of hydrogen-bond acceptors (Lipinski definition) is 3. The van der Waals surface area contributed by atoms with Gasteiger partial charge >= 0.3 is 0 Å². The van der Waals surface area contributed by atoms with Gasteiger partial charge in [0.25, 0.3) is 0 Å². The van der Waals surface area contributed by atoms with Gasteiger partial charge in [-0.2, -0.15) is 11.8 Å². The first-order valence-corrected chi connectivity index (χ1v) is 9.72. The lowest BCUT2D eigenvalue weighted by atomic mass is 10.0. The second-order valence-electron chi connectivity index (χ2n) is 6.04. The number of nitrogens with one attached hydrogen (secondary N) is 1. The van der Waals surface area contributed by atoms with Crippen molar-refractivity contribution < 1.29 is 4.79 Å². The molecule has 4 heteroatoms. The fourth-order valence-electron chi connectivity index (χ4n) is 3.02. The van der Waals surface area contributed by atoms with Gasteiger partial charge in [0.1, 0.15) is 0 Å². The van der Waals surface area contributed by atoms with Crippen LogP contribution in [0.5, 0.6) is 0 Å².